The first-order valence-corrected chi connectivity index (χ1v) is 6.78. The van der Waals surface area contributed by atoms with Crippen LogP contribution in [-0.2, 0) is 4.79 Å². The van der Waals surface area contributed by atoms with Crippen LogP contribution in [0.4, 0.5) is 10.1 Å². The van der Waals surface area contributed by atoms with Crippen LogP contribution >= 0.6 is 11.6 Å². The van der Waals surface area contributed by atoms with E-state index in [1.807, 2.05) is 13.0 Å². The fraction of sp³-hybridized carbons (Fsp3) is 0.188. The summed E-state index contributed by atoms with van der Waals surface area (Å²) in [5, 5.41) is 3.05. The molecule has 21 heavy (non-hydrogen) atoms. The number of amides is 1. The van der Waals surface area contributed by atoms with Crippen molar-refractivity contribution in [3.05, 3.63) is 58.4 Å². The lowest BCUT2D eigenvalue weighted by molar-refractivity contribution is -0.118. The summed E-state index contributed by atoms with van der Waals surface area (Å²) in [7, 11) is 0. The third-order valence-corrected chi connectivity index (χ3v) is 3.23. The fourth-order valence-electron chi connectivity index (χ4n) is 1.78. The first-order chi connectivity index (χ1) is 9.95. The van der Waals surface area contributed by atoms with E-state index in [0.29, 0.717) is 16.5 Å². The zero-order valence-electron chi connectivity index (χ0n) is 11.7. The third-order valence-electron chi connectivity index (χ3n) is 2.92. The SMILES string of the molecule is Cc1ccc(Cl)c(OCC(=O)Nc2cc(F)ccc2C)c1. The van der Waals surface area contributed by atoms with Gasteiger partial charge in [-0.25, -0.2) is 4.39 Å². The molecule has 0 aliphatic heterocycles. The molecule has 0 aliphatic carbocycles. The Labute approximate surface area is 127 Å². The Bertz CT molecular complexity index is 673. The summed E-state index contributed by atoms with van der Waals surface area (Å²) < 4.78 is 18.5. The summed E-state index contributed by atoms with van der Waals surface area (Å²) in [5.74, 6) is -0.331. The molecule has 5 heteroatoms. The van der Waals surface area contributed by atoms with Gasteiger partial charge in [-0.2, -0.15) is 0 Å². The average Bonchev–Trinajstić information content (AvgIpc) is 2.44. The van der Waals surface area contributed by atoms with Crippen LogP contribution in [0.5, 0.6) is 5.75 Å². The molecule has 1 N–H and O–H groups in total. The number of carbonyl (C=O) groups is 1. The third kappa shape index (κ3) is 4.20. The predicted octanol–water partition coefficient (Wildman–Crippen LogP) is 4.11. The lowest BCUT2D eigenvalue weighted by Gasteiger charge is -2.11. The van der Waals surface area contributed by atoms with Crippen molar-refractivity contribution < 1.29 is 13.9 Å². The van der Waals surface area contributed by atoms with Crippen LogP contribution in [-0.4, -0.2) is 12.5 Å². The molecule has 2 rings (SSSR count). The predicted molar refractivity (Wildman–Crippen MR) is 81.5 cm³/mol. The molecule has 1 amide bonds. The number of carbonyl (C=O) groups excluding carboxylic acids is 1. The second-order valence-corrected chi connectivity index (χ2v) is 5.14. The van der Waals surface area contributed by atoms with Crippen molar-refractivity contribution >= 4 is 23.2 Å². The minimum atomic E-state index is -0.404. The van der Waals surface area contributed by atoms with Crippen LogP contribution in [0.1, 0.15) is 11.1 Å². The molecule has 110 valence electrons. The minimum absolute atomic E-state index is 0.195. The zero-order valence-corrected chi connectivity index (χ0v) is 12.5. The van der Waals surface area contributed by atoms with E-state index in [-0.39, 0.29) is 12.5 Å². The Morgan fingerprint density at radius 2 is 2.00 bits per heavy atom. The van der Waals surface area contributed by atoms with Gasteiger partial charge in [0.25, 0.3) is 5.91 Å². The van der Waals surface area contributed by atoms with Gasteiger partial charge >= 0.3 is 0 Å². The van der Waals surface area contributed by atoms with Crippen LogP contribution in [0.25, 0.3) is 0 Å². The average molecular weight is 308 g/mol. The van der Waals surface area contributed by atoms with E-state index in [1.54, 1.807) is 25.1 Å². The van der Waals surface area contributed by atoms with Crippen LogP contribution < -0.4 is 10.1 Å². The first kappa shape index (κ1) is 15.3. The Kier molecular flexibility index (Phi) is 4.81. The number of anilines is 1. The second kappa shape index (κ2) is 6.59. The number of rotatable bonds is 4. The highest BCUT2D eigenvalue weighted by Gasteiger charge is 2.08. The van der Waals surface area contributed by atoms with Gasteiger partial charge in [-0.3, -0.25) is 4.79 Å². The van der Waals surface area contributed by atoms with Crippen molar-refractivity contribution in [3.8, 4) is 5.75 Å². The molecule has 0 atom stereocenters. The number of halogens is 2. The number of ether oxygens (including phenoxy) is 1. The van der Waals surface area contributed by atoms with Gasteiger partial charge in [-0.05, 0) is 49.2 Å². The number of hydrogen-bond donors (Lipinski definition) is 1. The number of benzene rings is 2. The topological polar surface area (TPSA) is 38.3 Å². The molecule has 2 aromatic carbocycles. The molecular weight excluding hydrogens is 293 g/mol. The molecule has 0 radical (unpaired) electrons. The molecule has 0 aromatic heterocycles. The monoisotopic (exact) mass is 307 g/mol. The zero-order chi connectivity index (χ0) is 15.4. The van der Waals surface area contributed by atoms with Gasteiger partial charge in [0.1, 0.15) is 11.6 Å². The lowest BCUT2D eigenvalue weighted by Crippen LogP contribution is -2.20. The first-order valence-electron chi connectivity index (χ1n) is 6.40. The second-order valence-electron chi connectivity index (χ2n) is 4.73. The maximum atomic E-state index is 13.1. The highest BCUT2D eigenvalue weighted by molar-refractivity contribution is 6.32. The van der Waals surface area contributed by atoms with Gasteiger partial charge in [-0.15, -0.1) is 0 Å². The van der Waals surface area contributed by atoms with Crippen molar-refractivity contribution in [2.75, 3.05) is 11.9 Å². The number of nitrogens with one attached hydrogen (secondary N) is 1. The van der Waals surface area contributed by atoms with Crippen molar-refractivity contribution in [2.24, 2.45) is 0 Å². The summed E-state index contributed by atoms with van der Waals surface area (Å²) in [5.41, 5.74) is 2.19. The summed E-state index contributed by atoms with van der Waals surface area (Å²) in [6, 6.07) is 9.53. The maximum absolute atomic E-state index is 13.1. The Balaban J connectivity index is 1.99. The van der Waals surface area contributed by atoms with Crippen LogP contribution in [0.2, 0.25) is 5.02 Å². The van der Waals surface area contributed by atoms with Crippen molar-refractivity contribution in [2.45, 2.75) is 13.8 Å². The minimum Gasteiger partial charge on any atom is -0.482 e. The van der Waals surface area contributed by atoms with E-state index in [9.17, 15) is 9.18 Å². The van der Waals surface area contributed by atoms with Crippen LogP contribution in [0.15, 0.2) is 36.4 Å². The smallest absolute Gasteiger partial charge is 0.262 e. The summed E-state index contributed by atoms with van der Waals surface area (Å²) in [6.07, 6.45) is 0. The van der Waals surface area contributed by atoms with Crippen LogP contribution in [0, 0.1) is 19.7 Å². The molecule has 0 fully saturated rings. The Hall–Kier alpha value is -2.07. The van der Waals surface area contributed by atoms with E-state index in [2.05, 4.69) is 5.32 Å². The molecule has 0 aliphatic rings. The normalized spacial score (nSPS) is 10.3. The Morgan fingerprint density at radius 3 is 2.76 bits per heavy atom. The van der Waals surface area contributed by atoms with Gasteiger partial charge in [0.05, 0.1) is 5.02 Å². The molecule has 0 saturated heterocycles. The molecule has 0 unspecified atom stereocenters. The maximum Gasteiger partial charge on any atom is 0.262 e. The van der Waals surface area contributed by atoms with E-state index in [4.69, 9.17) is 16.3 Å². The summed E-state index contributed by atoms with van der Waals surface area (Å²) >= 11 is 5.98. The van der Waals surface area contributed by atoms with Gasteiger partial charge in [0.15, 0.2) is 6.61 Å². The number of aryl methyl sites for hydroxylation is 2. The highest BCUT2D eigenvalue weighted by Crippen LogP contribution is 2.25. The van der Waals surface area contributed by atoms with Gasteiger partial charge in [0.2, 0.25) is 0 Å². The number of hydrogen-bond acceptors (Lipinski definition) is 2. The lowest BCUT2D eigenvalue weighted by atomic mass is 10.2. The van der Waals surface area contributed by atoms with E-state index >= 15 is 0 Å². The largest absolute Gasteiger partial charge is 0.482 e. The fourth-order valence-corrected chi connectivity index (χ4v) is 1.95. The molecular formula is C16H15ClFNO2. The highest BCUT2D eigenvalue weighted by atomic mass is 35.5. The van der Waals surface area contributed by atoms with E-state index in [0.717, 1.165) is 11.1 Å². The molecule has 0 saturated carbocycles. The van der Waals surface area contributed by atoms with Gasteiger partial charge in [0, 0.05) is 5.69 Å². The standard InChI is InChI=1S/C16H15ClFNO2/c1-10-3-6-13(17)15(7-10)21-9-16(20)19-14-8-12(18)5-4-11(14)2/h3-8H,9H2,1-2H3,(H,19,20). The van der Waals surface area contributed by atoms with Crippen molar-refractivity contribution in [3.63, 3.8) is 0 Å². The van der Waals surface area contributed by atoms with E-state index in [1.165, 1.54) is 12.1 Å². The molecule has 3 nitrogen and oxygen atoms in total. The van der Waals surface area contributed by atoms with Crippen LogP contribution in [0.3, 0.4) is 0 Å². The molecule has 0 bridgehead atoms. The molecule has 2 aromatic rings. The van der Waals surface area contributed by atoms with Crippen molar-refractivity contribution in [1.29, 1.82) is 0 Å². The van der Waals surface area contributed by atoms with Crippen molar-refractivity contribution in [1.82, 2.24) is 0 Å². The van der Waals surface area contributed by atoms with E-state index < -0.39 is 5.82 Å². The molecule has 0 spiro atoms. The summed E-state index contributed by atoms with van der Waals surface area (Å²) in [6.45, 7) is 3.49. The quantitative estimate of drug-likeness (QED) is 0.923. The van der Waals surface area contributed by atoms with Gasteiger partial charge < -0.3 is 10.1 Å². The van der Waals surface area contributed by atoms with Gasteiger partial charge in [-0.1, -0.05) is 23.7 Å². The molecule has 0 heterocycles. The Morgan fingerprint density at radius 1 is 1.24 bits per heavy atom. The summed E-state index contributed by atoms with van der Waals surface area (Å²) in [4.78, 5) is 11.8.